The first-order valence-corrected chi connectivity index (χ1v) is 9.37. The molecule has 2 rings (SSSR count). The number of carbonyl (C=O) groups is 1. The Morgan fingerprint density at radius 1 is 1.29 bits per heavy atom. The van der Waals surface area contributed by atoms with Gasteiger partial charge in [0.05, 0.1) is 10.5 Å². The van der Waals surface area contributed by atoms with E-state index in [1.165, 1.54) is 26.2 Å². The van der Waals surface area contributed by atoms with Gasteiger partial charge in [-0.1, -0.05) is 12.8 Å². The van der Waals surface area contributed by atoms with Crippen LogP contribution in [0.4, 0.5) is 0 Å². The number of carbonyl (C=O) groups excluding carboxylic acids is 1. The van der Waals surface area contributed by atoms with E-state index in [1.54, 1.807) is 6.07 Å². The lowest BCUT2D eigenvalue weighted by molar-refractivity contribution is 0.0936. The molecule has 1 N–H and O–H groups in total. The normalized spacial score (nSPS) is 16.4. The Bertz CT molecular complexity index is 638. The first kappa shape index (κ1) is 16.7. The molecular weight excluding hydrogens is 403 g/mol. The fraction of sp³-hybridized carbons (Fsp3) is 0.500. The third-order valence-electron chi connectivity index (χ3n) is 3.65. The van der Waals surface area contributed by atoms with Gasteiger partial charge in [0.2, 0.25) is 10.0 Å². The summed E-state index contributed by atoms with van der Waals surface area (Å²) in [5.41, 5.74) is 0.422. The monoisotopic (exact) mass is 422 g/mol. The van der Waals surface area contributed by atoms with Crippen LogP contribution in [0.5, 0.6) is 0 Å². The summed E-state index contributed by atoms with van der Waals surface area (Å²) in [6.45, 7) is 0. The number of nitrogens with one attached hydrogen (secondary N) is 1. The van der Waals surface area contributed by atoms with Crippen LogP contribution in [0.2, 0.25) is 0 Å². The third kappa shape index (κ3) is 3.75. The SMILES string of the molecule is CN(C)S(=O)(=O)c1ccc(I)c(C(=O)NC2CCCC2)c1. The molecule has 0 heterocycles. The van der Waals surface area contributed by atoms with Crippen molar-refractivity contribution >= 4 is 38.5 Å². The Labute approximate surface area is 139 Å². The largest absolute Gasteiger partial charge is 0.349 e. The Morgan fingerprint density at radius 2 is 1.90 bits per heavy atom. The highest BCUT2D eigenvalue weighted by atomic mass is 127. The highest BCUT2D eigenvalue weighted by molar-refractivity contribution is 14.1. The minimum atomic E-state index is -3.53. The van der Waals surface area contributed by atoms with Crippen molar-refractivity contribution in [3.8, 4) is 0 Å². The zero-order valence-corrected chi connectivity index (χ0v) is 15.1. The summed E-state index contributed by atoms with van der Waals surface area (Å²) in [6.07, 6.45) is 4.27. The van der Waals surface area contributed by atoms with E-state index in [4.69, 9.17) is 0 Å². The van der Waals surface area contributed by atoms with Crippen LogP contribution in [0.1, 0.15) is 36.0 Å². The van der Waals surface area contributed by atoms with Gasteiger partial charge in [-0.25, -0.2) is 12.7 Å². The predicted molar refractivity (Wildman–Crippen MR) is 89.8 cm³/mol. The Balaban J connectivity index is 2.29. The third-order valence-corrected chi connectivity index (χ3v) is 6.40. The van der Waals surface area contributed by atoms with Gasteiger partial charge in [-0.2, -0.15) is 0 Å². The first-order valence-electron chi connectivity index (χ1n) is 6.85. The van der Waals surface area contributed by atoms with Crippen LogP contribution in [0.25, 0.3) is 0 Å². The van der Waals surface area contributed by atoms with Crippen molar-refractivity contribution in [2.24, 2.45) is 0 Å². The van der Waals surface area contributed by atoms with Crippen molar-refractivity contribution in [3.05, 3.63) is 27.3 Å². The molecule has 1 fully saturated rings. The standard InChI is InChI=1S/C14H19IN2O3S/c1-17(2)21(19,20)11-7-8-13(15)12(9-11)14(18)16-10-5-3-4-6-10/h7-10H,3-6H2,1-2H3,(H,16,18). The molecule has 116 valence electrons. The average Bonchev–Trinajstić information content (AvgIpc) is 2.91. The molecule has 0 spiro atoms. The molecular formula is C14H19IN2O3S. The van der Waals surface area contributed by atoms with E-state index in [9.17, 15) is 13.2 Å². The molecule has 5 nitrogen and oxygen atoms in total. The Morgan fingerprint density at radius 3 is 2.48 bits per heavy atom. The summed E-state index contributed by atoms with van der Waals surface area (Å²) in [6, 6.07) is 4.87. The second-order valence-corrected chi connectivity index (χ2v) is 8.70. The minimum absolute atomic E-state index is 0.143. The van der Waals surface area contributed by atoms with Crippen LogP contribution in [0.15, 0.2) is 23.1 Å². The van der Waals surface area contributed by atoms with Gasteiger partial charge in [-0.05, 0) is 53.6 Å². The van der Waals surface area contributed by atoms with Crippen molar-refractivity contribution in [2.45, 2.75) is 36.6 Å². The molecule has 0 bridgehead atoms. The molecule has 1 aromatic rings. The molecule has 1 saturated carbocycles. The van der Waals surface area contributed by atoms with Crippen LogP contribution in [-0.2, 0) is 10.0 Å². The Hall–Kier alpha value is -0.670. The second kappa shape index (κ2) is 6.62. The number of halogens is 1. The summed E-state index contributed by atoms with van der Waals surface area (Å²) in [7, 11) is -0.571. The summed E-state index contributed by atoms with van der Waals surface area (Å²) in [5.74, 6) is -0.192. The molecule has 1 aromatic carbocycles. The minimum Gasteiger partial charge on any atom is -0.349 e. The molecule has 0 radical (unpaired) electrons. The quantitative estimate of drug-likeness (QED) is 0.757. The maximum absolute atomic E-state index is 12.3. The number of rotatable bonds is 4. The number of nitrogens with zero attached hydrogens (tertiary/aromatic N) is 1. The van der Waals surface area contributed by atoms with Crippen molar-refractivity contribution in [3.63, 3.8) is 0 Å². The summed E-state index contributed by atoms with van der Waals surface area (Å²) in [4.78, 5) is 12.5. The molecule has 21 heavy (non-hydrogen) atoms. The van der Waals surface area contributed by atoms with Crippen LogP contribution < -0.4 is 5.32 Å². The summed E-state index contributed by atoms with van der Waals surface area (Å²) in [5, 5.41) is 2.99. The van der Waals surface area contributed by atoms with Gasteiger partial charge in [0, 0.05) is 23.7 Å². The van der Waals surface area contributed by atoms with Crippen LogP contribution in [0, 0.1) is 3.57 Å². The van der Waals surface area contributed by atoms with Crippen molar-refractivity contribution in [2.75, 3.05) is 14.1 Å². The average molecular weight is 422 g/mol. The lowest BCUT2D eigenvalue weighted by atomic mass is 10.2. The number of sulfonamides is 1. The van der Waals surface area contributed by atoms with Gasteiger partial charge < -0.3 is 5.32 Å². The molecule has 0 atom stereocenters. The molecule has 0 aromatic heterocycles. The smallest absolute Gasteiger partial charge is 0.252 e. The van der Waals surface area contributed by atoms with E-state index < -0.39 is 10.0 Å². The van der Waals surface area contributed by atoms with E-state index in [1.807, 2.05) is 0 Å². The number of amides is 1. The van der Waals surface area contributed by atoms with Gasteiger partial charge >= 0.3 is 0 Å². The Kier molecular flexibility index (Phi) is 5.26. The number of benzene rings is 1. The molecule has 7 heteroatoms. The van der Waals surface area contributed by atoms with E-state index >= 15 is 0 Å². The fourth-order valence-corrected chi connectivity index (χ4v) is 3.89. The van der Waals surface area contributed by atoms with Crippen LogP contribution >= 0.6 is 22.6 Å². The molecule has 1 aliphatic rings. The maximum atomic E-state index is 12.3. The summed E-state index contributed by atoms with van der Waals surface area (Å²) >= 11 is 2.06. The lowest BCUT2D eigenvalue weighted by Gasteiger charge is -2.15. The van der Waals surface area contributed by atoms with E-state index in [0.29, 0.717) is 5.56 Å². The van der Waals surface area contributed by atoms with Gasteiger partial charge in [0.1, 0.15) is 0 Å². The van der Waals surface area contributed by atoms with Crippen molar-refractivity contribution in [1.29, 1.82) is 0 Å². The molecule has 0 unspecified atom stereocenters. The topological polar surface area (TPSA) is 66.5 Å². The number of hydrogen-bond donors (Lipinski definition) is 1. The zero-order chi connectivity index (χ0) is 15.6. The maximum Gasteiger partial charge on any atom is 0.252 e. The molecule has 0 aliphatic heterocycles. The van der Waals surface area contributed by atoms with Gasteiger partial charge in [-0.15, -0.1) is 0 Å². The molecule has 1 amide bonds. The van der Waals surface area contributed by atoms with E-state index in [0.717, 1.165) is 33.6 Å². The second-order valence-electron chi connectivity index (χ2n) is 5.38. The first-order chi connectivity index (χ1) is 9.82. The summed E-state index contributed by atoms with van der Waals surface area (Å²) < 4.78 is 26.2. The van der Waals surface area contributed by atoms with Crippen molar-refractivity contribution in [1.82, 2.24) is 9.62 Å². The van der Waals surface area contributed by atoms with Gasteiger partial charge in [0.15, 0.2) is 0 Å². The van der Waals surface area contributed by atoms with E-state index in [2.05, 4.69) is 27.9 Å². The highest BCUT2D eigenvalue weighted by Gasteiger charge is 2.23. The molecule has 1 aliphatic carbocycles. The molecule has 0 saturated heterocycles. The predicted octanol–water partition coefficient (Wildman–Crippen LogP) is 2.21. The van der Waals surface area contributed by atoms with Crippen LogP contribution in [-0.4, -0.2) is 38.8 Å². The highest BCUT2D eigenvalue weighted by Crippen LogP contribution is 2.22. The zero-order valence-electron chi connectivity index (χ0n) is 12.1. The fourth-order valence-electron chi connectivity index (χ4n) is 2.38. The lowest BCUT2D eigenvalue weighted by Crippen LogP contribution is -2.33. The van der Waals surface area contributed by atoms with Crippen LogP contribution in [0.3, 0.4) is 0 Å². The van der Waals surface area contributed by atoms with Gasteiger partial charge in [0.25, 0.3) is 5.91 Å². The van der Waals surface area contributed by atoms with Crippen molar-refractivity contribution < 1.29 is 13.2 Å². The van der Waals surface area contributed by atoms with E-state index in [-0.39, 0.29) is 16.8 Å². The number of hydrogen-bond acceptors (Lipinski definition) is 3. The van der Waals surface area contributed by atoms with Gasteiger partial charge in [-0.3, -0.25) is 4.79 Å².